The standard InChI is InChI=1S/C11H21NO2S/c1-9(13)10(2)15-8-11(14)12-6-4-3-5-7-12/h9-10,13H,3-8H2,1-2H3. The van der Waals surface area contributed by atoms with Crippen molar-refractivity contribution in [3.05, 3.63) is 0 Å². The van der Waals surface area contributed by atoms with Crippen LogP contribution in [0.25, 0.3) is 0 Å². The van der Waals surface area contributed by atoms with Gasteiger partial charge in [0.1, 0.15) is 0 Å². The number of nitrogens with zero attached hydrogens (tertiary/aromatic N) is 1. The number of rotatable bonds is 4. The van der Waals surface area contributed by atoms with Crippen molar-refractivity contribution in [2.45, 2.75) is 44.5 Å². The highest BCUT2D eigenvalue weighted by atomic mass is 32.2. The third-order valence-corrected chi connectivity index (χ3v) is 4.19. The maximum atomic E-state index is 11.7. The van der Waals surface area contributed by atoms with E-state index in [1.54, 1.807) is 18.7 Å². The van der Waals surface area contributed by atoms with Crippen molar-refractivity contribution < 1.29 is 9.90 Å². The molecule has 1 N–H and O–H groups in total. The molecule has 1 heterocycles. The minimum atomic E-state index is -0.343. The number of carbonyl (C=O) groups is 1. The Balaban J connectivity index is 2.22. The molecule has 0 aromatic carbocycles. The average molecular weight is 231 g/mol. The Hall–Kier alpha value is -0.220. The molecule has 0 bridgehead atoms. The molecule has 1 aliphatic rings. The number of amides is 1. The molecule has 2 unspecified atom stereocenters. The lowest BCUT2D eigenvalue weighted by Gasteiger charge is -2.27. The Morgan fingerprint density at radius 3 is 2.47 bits per heavy atom. The first-order chi connectivity index (χ1) is 7.11. The van der Waals surface area contributed by atoms with Gasteiger partial charge in [-0.3, -0.25) is 4.79 Å². The first-order valence-electron chi connectivity index (χ1n) is 5.68. The van der Waals surface area contributed by atoms with Gasteiger partial charge in [-0.1, -0.05) is 6.92 Å². The normalized spacial score (nSPS) is 21.1. The monoisotopic (exact) mass is 231 g/mol. The Labute approximate surface area is 96.2 Å². The second-order valence-electron chi connectivity index (χ2n) is 4.20. The molecule has 2 atom stereocenters. The van der Waals surface area contributed by atoms with Crippen LogP contribution in [0, 0.1) is 0 Å². The summed E-state index contributed by atoms with van der Waals surface area (Å²) in [5.74, 6) is 0.735. The van der Waals surface area contributed by atoms with Crippen LogP contribution in [0.3, 0.4) is 0 Å². The predicted octanol–water partition coefficient (Wildman–Crippen LogP) is 1.50. The molecule has 15 heavy (non-hydrogen) atoms. The highest BCUT2D eigenvalue weighted by molar-refractivity contribution is 8.00. The number of thioether (sulfide) groups is 1. The molecule has 3 nitrogen and oxygen atoms in total. The van der Waals surface area contributed by atoms with Crippen molar-refractivity contribution in [3.63, 3.8) is 0 Å². The number of carbonyl (C=O) groups excluding carboxylic acids is 1. The molecular formula is C11H21NO2S. The molecule has 1 fully saturated rings. The summed E-state index contributed by atoms with van der Waals surface area (Å²) in [7, 11) is 0. The van der Waals surface area contributed by atoms with Gasteiger partial charge in [-0.05, 0) is 26.2 Å². The fourth-order valence-corrected chi connectivity index (χ4v) is 2.44. The van der Waals surface area contributed by atoms with Gasteiger partial charge in [0.15, 0.2) is 0 Å². The molecule has 4 heteroatoms. The van der Waals surface area contributed by atoms with Crippen molar-refractivity contribution in [1.82, 2.24) is 4.90 Å². The SMILES string of the molecule is CC(O)C(C)SCC(=O)N1CCCCC1. The summed E-state index contributed by atoms with van der Waals surface area (Å²) in [6.45, 7) is 5.56. The van der Waals surface area contributed by atoms with E-state index in [1.165, 1.54) is 6.42 Å². The molecule has 1 saturated heterocycles. The van der Waals surface area contributed by atoms with E-state index in [9.17, 15) is 9.90 Å². The number of likely N-dealkylation sites (tertiary alicyclic amines) is 1. The smallest absolute Gasteiger partial charge is 0.232 e. The highest BCUT2D eigenvalue weighted by Crippen LogP contribution is 2.16. The van der Waals surface area contributed by atoms with E-state index < -0.39 is 0 Å². The van der Waals surface area contributed by atoms with E-state index in [2.05, 4.69) is 0 Å². The summed E-state index contributed by atoms with van der Waals surface area (Å²) in [5.41, 5.74) is 0. The van der Waals surface area contributed by atoms with Gasteiger partial charge in [0, 0.05) is 18.3 Å². The van der Waals surface area contributed by atoms with Crippen LogP contribution in [0.1, 0.15) is 33.1 Å². The zero-order chi connectivity index (χ0) is 11.3. The minimum absolute atomic E-state index is 0.138. The van der Waals surface area contributed by atoms with Crippen molar-refractivity contribution in [2.24, 2.45) is 0 Å². The third kappa shape index (κ3) is 4.43. The summed E-state index contributed by atoms with van der Waals surface area (Å²) in [4.78, 5) is 13.7. The van der Waals surface area contributed by atoms with Gasteiger partial charge < -0.3 is 10.0 Å². The van der Waals surface area contributed by atoms with E-state index in [-0.39, 0.29) is 17.3 Å². The average Bonchev–Trinajstić information content (AvgIpc) is 2.26. The lowest BCUT2D eigenvalue weighted by molar-refractivity contribution is -0.129. The van der Waals surface area contributed by atoms with E-state index in [1.807, 2.05) is 11.8 Å². The fraction of sp³-hybridized carbons (Fsp3) is 0.909. The van der Waals surface area contributed by atoms with Crippen molar-refractivity contribution >= 4 is 17.7 Å². The van der Waals surface area contributed by atoms with Gasteiger partial charge in [0.25, 0.3) is 0 Å². The van der Waals surface area contributed by atoms with Crippen LogP contribution in [0.5, 0.6) is 0 Å². The molecular weight excluding hydrogens is 210 g/mol. The first kappa shape index (κ1) is 12.8. The van der Waals surface area contributed by atoms with Crippen LogP contribution in [-0.2, 0) is 4.79 Å². The van der Waals surface area contributed by atoms with Crippen LogP contribution in [-0.4, -0.2) is 46.1 Å². The quantitative estimate of drug-likeness (QED) is 0.797. The lowest BCUT2D eigenvalue weighted by Crippen LogP contribution is -2.37. The van der Waals surface area contributed by atoms with E-state index in [0.29, 0.717) is 5.75 Å². The highest BCUT2D eigenvalue weighted by Gasteiger charge is 2.18. The molecule has 0 aromatic heterocycles. The van der Waals surface area contributed by atoms with Crippen LogP contribution < -0.4 is 0 Å². The van der Waals surface area contributed by atoms with E-state index in [4.69, 9.17) is 0 Å². The largest absolute Gasteiger partial charge is 0.392 e. The number of hydrogen-bond acceptors (Lipinski definition) is 3. The summed E-state index contributed by atoms with van der Waals surface area (Å²) >= 11 is 1.55. The zero-order valence-corrected chi connectivity index (χ0v) is 10.4. The van der Waals surface area contributed by atoms with E-state index in [0.717, 1.165) is 25.9 Å². The summed E-state index contributed by atoms with van der Waals surface area (Å²) in [6.07, 6.45) is 3.19. The van der Waals surface area contributed by atoms with E-state index >= 15 is 0 Å². The molecule has 0 aliphatic carbocycles. The second-order valence-corrected chi connectivity index (χ2v) is 5.56. The predicted molar refractivity (Wildman–Crippen MR) is 64.0 cm³/mol. The van der Waals surface area contributed by atoms with Gasteiger partial charge in [-0.15, -0.1) is 11.8 Å². The molecule has 0 spiro atoms. The maximum absolute atomic E-state index is 11.7. The van der Waals surface area contributed by atoms with Crippen molar-refractivity contribution in [1.29, 1.82) is 0 Å². The molecule has 1 amide bonds. The second kappa shape index (κ2) is 6.38. The number of aliphatic hydroxyl groups is 1. The fourth-order valence-electron chi connectivity index (χ4n) is 1.58. The van der Waals surface area contributed by atoms with Crippen molar-refractivity contribution in [2.75, 3.05) is 18.8 Å². The Bertz CT molecular complexity index is 203. The third-order valence-electron chi connectivity index (χ3n) is 2.86. The molecule has 1 aliphatic heterocycles. The Morgan fingerprint density at radius 2 is 1.93 bits per heavy atom. The van der Waals surface area contributed by atoms with Gasteiger partial charge >= 0.3 is 0 Å². The molecule has 88 valence electrons. The Morgan fingerprint density at radius 1 is 1.33 bits per heavy atom. The molecule has 1 rings (SSSR count). The van der Waals surface area contributed by atoms with Crippen molar-refractivity contribution in [3.8, 4) is 0 Å². The minimum Gasteiger partial charge on any atom is -0.392 e. The Kier molecular flexibility index (Phi) is 5.47. The number of piperidine rings is 1. The summed E-state index contributed by atoms with van der Waals surface area (Å²) < 4.78 is 0. The van der Waals surface area contributed by atoms with Gasteiger partial charge in [0.05, 0.1) is 11.9 Å². The lowest BCUT2D eigenvalue weighted by atomic mass is 10.1. The molecule has 0 saturated carbocycles. The zero-order valence-electron chi connectivity index (χ0n) is 9.61. The number of hydrogen-bond donors (Lipinski definition) is 1. The topological polar surface area (TPSA) is 40.5 Å². The van der Waals surface area contributed by atoms with Crippen LogP contribution >= 0.6 is 11.8 Å². The summed E-state index contributed by atoms with van der Waals surface area (Å²) in [5, 5.41) is 9.44. The van der Waals surface area contributed by atoms with Gasteiger partial charge in [-0.2, -0.15) is 0 Å². The van der Waals surface area contributed by atoms with Gasteiger partial charge in [0.2, 0.25) is 5.91 Å². The first-order valence-corrected chi connectivity index (χ1v) is 6.73. The number of aliphatic hydroxyl groups excluding tert-OH is 1. The van der Waals surface area contributed by atoms with Crippen LogP contribution in [0.4, 0.5) is 0 Å². The van der Waals surface area contributed by atoms with Crippen LogP contribution in [0.2, 0.25) is 0 Å². The molecule has 0 aromatic rings. The molecule has 0 radical (unpaired) electrons. The maximum Gasteiger partial charge on any atom is 0.232 e. The van der Waals surface area contributed by atoms with Crippen LogP contribution in [0.15, 0.2) is 0 Å². The van der Waals surface area contributed by atoms with Gasteiger partial charge in [-0.25, -0.2) is 0 Å². The summed E-state index contributed by atoms with van der Waals surface area (Å²) in [6, 6.07) is 0.